The number of amides is 1. The SMILES string of the molecule is CCc1cc(NC(=O)C(C)(N)c2ccccc2)n[nH]1. The molecule has 1 aromatic heterocycles. The fourth-order valence-electron chi connectivity index (χ4n) is 1.77. The Labute approximate surface area is 112 Å². The minimum atomic E-state index is -1.09. The fourth-order valence-corrected chi connectivity index (χ4v) is 1.77. The molecule has 100 valence electrons. The summed E-state index contributed by atoms with van der Waals surface area (Å²) in [5.74, 6) is 0.210. The summed E-state index contributed by atoms with van der Waals surface area (Å²) in [4.78, 5) is 12.2. The summed E-state index contributed by atoms with van der Waals surface area (Å²) < 4.78 is 0. The molecular formula is C14H18N4O. The smallest absolute Gasteiger partial charge is 0.249 e. The van der Waals surface area contributed by atoms with E-state index in [2.05, 4.69) is 15.5 Å². The topological polar surface area (TPSA) is 83.8 Å². The maximum atomic E-state index is 12.2. The van der Waals surface area contributed by atoms with Crippen LogP contribution in [0.2, 0.25) is 0 Å². The predicted molar refractivity (Wildman–Crippen MR) is 74.6 cm³/mol. The number of carbonyl (C=O) groups excluding carboxylic acids is 1. The highest BCUT2D eigenvalue weighted by Gasteiger charge is 2.30. The van der Waals surface area contributed by atoms with Crippen molar-refractivity contribution in [2.75, 3.05) is 5.32 Å². The first-order valence-electron chi connectivity index (χ1n) is 6.24. The van der Waals surface area contributed by atoms with E-state index in [0.29, 0.717) is 5.82 Å². The summed E-state index contributed by atoms with van der Waals surface area (Å²) in [5, 5.41) is 9.60. The van der Waals surface area contributed by atoms with Crippen molar-refractivity contribution >= 4 is 11.7 Å². The van der Waals surface area contributed by atoms with Gasteiger partial charge in [-0.2, -0.15) is 5.10 Å². The van der Waals surface area contributed by atoms with Gasteiger partial charge < -0.3 is 11.1 Å². The summed E-state index contributed by atoms with van der Waals surface area (Å²) in [7, 11) is 0. The highest BCUT2D eigenvalue weighted by molar-refractivity contribution is 5.97. The first-order valence-corrected chi connectivity index (χ1v) is 6.24. The van der Waals surface area contributed by atoms with Gasteiger partial charge in [0.2, 0.25) is 5.91 Å². The Bertz CT molecular complexity index is 560. The molecule has 0 saturated heterocycles. The number of aromatic nitrogens is 2. The van der Waals surface area contributed by atoms with Crippen molar-refractivity contribution in [3.8, 4) is 0 Å². The number of nitrogens with two attached hydrogens (primary N) is 1. The second-order valence-corrected chi connectivity index (χ2v) is 4.65. The Balaban J connectivity index is 2.15. The number of nitrogens with zero attached hydrogens (tertiary/aromatic N) is 1. The largest absolute Gasteiger partial charge is 0.314 e. The number of hydrogen-bond donors (Lipinski definition) is 3. The fraction of sp³-hybridized carbons (Fsp3) is 0.286. The Hall–Kier alpha value is -2.14. The highest BCUT2D eigenvalue weighted by Crippen LogP contribution is 2.19. The molecular weight excluding hydrogens is 240 g/mol. The van der Waals surface area contributed by atoms with Gasteiger partial charge in [0.15, 0.2) is 5.82 Å². The van der Waals surface area contributed by atoms with Crippen LogP contribution in [0, 0.1) is 0 Å². The summed E-state index contributed by atoms with van der Waals surface area (Å²) >= 11 is 0. The van der Waals surface area contributed by atoms with Crippen LogP contribution in [0.5, 0.6) is 0 Å². The molecule has 1 amide bonds. The van der Waals surface area contributed by atoms with Crippen molar-refractivity contribution in [3.63, 3.8) is 0 Å². The average Bonchev–Trinajstić information content (AvgIpc) is 2.87. The second kappa shape index (κ2) is 5.24. The van der Waals surface area contributed by atoms with Crippen molar-refractivity contribution < 1.29 is 4.79 Å². The van der Waals surface area contributed by atoms with E-state index in [1.807, 2.05) is 37.3 Å². The quantitative estimate of drug-likeness (QED) is 0.781. The Morgan fingerprint density at radius 3 is 2.68 bits per heavy atom. The molecule has 0 radical (unpaired) electrons. The summed E-state index contributed by atoms with van der Waals surface area (Å²) in [6, 6.07) is 11.1. The molecule has 0 aliphatic carbocycles. The van der Waals surface area contributed by atoms with E-state index in [9.17, 15) is 4.79 Å². The van der Waals surface area contributed by atoms with Crippen LogP contribution in [-0.2, 0) is 16.8 Å². The molecule has 2 rings (SSSR count). The Morgan fingerprint density at radius 1 is 1.42 bits per heavy atom. The molecule has 1 aromatic carbocycles. The van der Waals surface area contributed by atoms with Crippen LogP contribution in [0.1, 0.15) is 25.1 Å². The van der Waals surface area contributed by atoms with Crippen LogP contribution in [0.4, 0.5) is 5.82 Å². The van der Waals surface area contributed by atoms with Gasteiger partial charge in [-0.25, -0.2) is 0 Å². The summed E-state index contributed by atoms with van der Waals surface area (Å²) in [6.07, 6.45) is 0.835. The third-order valence-electron chi connectivity index (χ3n) is 3.10. The number of aryl methyl sites for hydroxylation is 1. The van der Waals surface area contributed by atoms with Crippen LogP contribution >= 0.6 is 0 Å². The van der Waals surface area contributed by atoms with Crippen LogP contribution < -0.4 is 11.1 Å². The zero-order valence-corrected chi connectivity index (χ0v) is 11.1. The molecule has 1 heterocycles. The Kier molecular flexibility index (Phi) is 3.66. The lowest BCUT2D eigenvalue weighted by molar-refractivity contribution is -0.120. The van der Waals surface area contributed by atoms with Crippen LogP contribution in [-0.4, -0.2) is 16.1 Å². The zero-order chi connectivity index (χ0) is 13.9. The van der Waals surface area contributed by atoms with E-state index in [1.54, 1.807) is 13.0 Å². The first-order chi connectivity index (χ1) is 9.04. The second-order valence-electron chi connectivity index (χ2n) is 4.65. The van der Waals surface area contributed by atoms with E-state index in [4.69, 9.17) is 5.73 Å². The lowest BCUT2D eigenvalue weighted by Crippen LogP contribution is -2.45. The zero-order valence-electron chi connectivity index (χ0n) is 11.1. The molecule has 1 unspecified atom stereocenters. The number of carbonyl (C=O) groups is 1. The molecule has 5 nitrogen and oxygen atoms in total. The van der Waals surface area contributed by atoms with Gasteiger partial charge >= 0.3 is 0 Å². The monoisotopic (exact) mass is 258 g/mol. The van der Waals surface area contributed by atoms with E-state index < -0.39 is 5.54 Å². The van der Waals surface area contributed by atoms with Crippen molar-refractivity contribution in [2.45, 2.75) is 25.8 Å². The molecule has 0 saturated carbocycles. The van der Waals surface area contributed by atoms with Gasteiger partial charge in [-0.1, -0.05) is 37.3 Å². The van der Waals surface area contributed by atoms with Crippen molar-refractivity contribution in [1.82, 2.24) is 10.2 Å². The van der Waals surface area contributed by atoms with Crippen LogP contribution in [0.25, 0.3) is 0 Å². The maximum Gasteiger partial charge on any atom is 0.249 e. The van der Waals surface area contributed by atoms with Gasteiger partial charge in [0, 0.05) is 11.8 Å². The van der Waals surface area contributed by atoms with E-state index in [1.165, 1.54) is 0 Å². The number of nitrogens with one attached hydrogen (secondary N) is 2. The molecule has 5 heteroatoms. The van der Waals surface area contributed by atoms with Crippen LogP contribution in [0.3, 0.4) is 0 Å². The van der Waals surface area contributed by atoms with Gasteiger partial charge in [0.05, 0.1) is 0 Å². The minimum absolute atomic E-state index is 0.284. The van der Waals surface area contributed by atoms with Gasteiger partial charge in [-0.05, 0) is 18.9 Å². The van der Waals surface area contributed by atoms with E-state index in [-0.39, 0.29) is 5.91 Å². The van der Waals surface area contributed by atoms with Gasteiger partial charge in [0.1, 0.15) is 5.54 Å². The molecule has 0 fully saturated rings. The molecule has 1 atom stereocenters. The number of hydrogen-bond acceptors (Lipinski definition) is 3. The van der Waals surface area contributed by atoms with Crippen molar-refractivity contribution in [1.29, 1.82) is 0 Å². The van der Waals surface area contributed by atoms with E-state index >= 15 is 0 Å². The third-order valence-corrected chi connectivity index (χ3v) is 3.10. The average molecular weight is 258 g/mol. The predicted octanol–water partition coefficient (Wildman–Crippen LogP) is 1.78. The third kappa shape index (κ3) is 2.82. The number of benzene rings is 1. The number of H-pyrrole nitrogens is 1. The molecule has 0 bridgehead atoms. The number of aromatic amines is 1. The molecule has 0 aliphatic heterocycles. The van der Waals surface area contributed by atoms with Crippen LogP contribution in [0.15, 0.2) is 36.4 Å². The minimum Gasteiger partial charge on any atom is -0.314 e. The van der Waals surface area contributed by atoms with E-state index in [0.717, 1.165) is 17.7 Å². The molecule has 0 aliphatic rings. The molecule has 0 spiro atoms. The van der Waals surface area contributed by atoms with Gasteiger partial charge in [-0.15, -0.1) is 0 Å². The lowest BCUT2D eigenvalue weighted by atomic mass is 9.92. The van der Waals surface area contributed by atoms with Crippen molar-refractivity contribution in [3.05, 3.63) is 47.7 Å². The molecule has 4 N–H and O–H groups in total. The molecule has 2 aromatic rings. The van der Waals surface area contributed by atoms with Gasteiger partial charge in [0.25, 0.3) is 0 Å². The summed E-state index contributed by atoms with van der Waals surface area (Å²) in [5.41, 5.74) is 6.76. The highest BCUT2D eigenvalue weighted by atomic mass is 16.2. The number of rotatable bonds is 4. The number of anilines is 1. The normalized spacial score (nSPS) is 13.8. The maximum absolute atomic E-state index is 12.2. The Morgan fingerprint density at radius 2 is 2.11 bits per heavy atom. The standard InChI is InChI=1S/C14H18N4O/c1-3-11-9-12(18-17-11)16-13(19)14(2,15)10-7-5-4-6-8-10/h4-9H,3,15H2,1-2H3,(H2,16,17,18,19). The van der Waals surface area contributed by atoms with Crippen molar-refractivity contribution in [2.24, 2.45) is 5.73 Å². The molecule has 19 heavy (non-hydrogen) atoms. The lowest BCUT2D eigenvalue weighted by Gasteiger charge is -2.23. The summed E-state index contributed by atoms with van der Waals surface area (Å²) in [6.45, 7) is 3.70. The van der Waals surface area contributed by atoms with Gasteiger partial charge in [-0.3, -0.25) is 9.89 Å². The first kappa shape index (κ1) is 13.3.